The second-order valence-electron chi connectivity index (χ2n) is 3.68. The maximum atomic E-state index is 13.1. The molecule has 0 amide bonds. The number of Topliss-reactive ketones (excluding diaryl/α,β-unsaturated/α-hetero) is 1. The van der Waals surface area contributed by atoms with Crippen molar-refractivity contribution in [2.45, 2.75) is 25.9 Å². The van der Waals surface area contributed by atoms with E-state index in [1.807, 2.05) is 6.92 Å². The summed E-state index contributed by atoms with van der Waals surface area (Å²) in [6, 6.07) is 4.47. The number of carbonyl (C=O) groups excluding carboxylic acids is 1. The summed E-state index contributed by atoms with van der Waals surface area (Å²) in [6.45, 7) is 1.81. The van der Waals surface area contributed by atoms with E-state index in [0.29, 0.717) is 12.0 Å². The fourth-order valence-electron chi connectivity index (χ4n) is 1.37. The van der Waals surface area contributed by atoms with Gasteiger partial charge in [0.1, 0.15) is 11.6 Å². The highest BCUT2D eigenvalue weighted by Gasteiger charge is 2.12. The molecule has 16 heavy (non-hydrogen) atoms. The van der Waals surface area contributed by atoms with E-state index < -0.39 is 5.82 Å². The lowest BCUT2D eigenvalue weighted by molar-refractivity contribution is -0.120. The number of hydrogen-bond donors (Lipinski definition) is 0. The molecule has 1 unspecified atom stereocenters. The van der Waals surface area contributed by atoms with Gasteiger partial charge in [-0.1, -0.05) is 23.7 Å². The van der Waals surface area contributed by atoms with Gasteiger partial charge in [0.15, 0.2) is 0 Å². The summed E-state index contributed by atoms with van der Waals surface area (Å²) in [7, 11) is 1.55. The maximum Gasteiger partial charge on any atom is 0.142 e. The highest BCUT2D eigenvalue weighted by atomic mass is 35.5. The molecule has 0 saturated carbocycles. The Hall–Kier alpha value is -0.930. The number of carbonyl (C=O) groups is 1. The lowest BCUT2D eigenvalue weighted by atomic mass is 10.0. The Morgan fingerprint density at radius 2 is 2.25 bits per heavy atom. The Bertz CT molecular complexity index is 379. The standard InChI is InChI=1S/C12H14ClFO2/c1-8(16-2)6-10(15)7-9-4-3-5-11(14)12(9)13/h3-5,8H,6-7H2,1-2H3. The van der Waals surface area contributed by atoms with Crippen LogP contribution in [0.3, 0.4) is 0 Å². The van der Waals surface area contributed by atoms with Crippen LogP contribution in [0.15, 0.2) is 18.2 Å². The van der Waals surface area contributed by atoms with Crippen LogP contribution in [0, 0.1) is 5.82 Å². The van der Waals surface area contributed by atoms with Crippen molar-refractivity contribution in [3.63, 3.8) is 0 Å². The monoisotopic (exact) mass is 244 g/mol. The minimum absolute atomic E-state index is 0.0122. The molecular weight excluding hydrogens is 231 g/mol. The fraction of sp³-hybridized carbons (Fsp3) is 0.417. The first-order chi connectivity index (χ1) is 7.54. The highest BCUT2D eigenvalue weighted by molar-refractivity contribution is 6.31. The van der Waals surface area contributed by atoms with Gasteiger partial charge in [-0.15, -0.1) is 0 Å². The molecule has 0 radical (unpaired) electrons. The normalized spacial score (nSPS) is 12.5. The number of hydrogen-bond acceptors (Lipinski definition) is 2. The van der Waals surface area contributed by atoms with E-state index >= 15 is 0 Å². The molecule has 0 aliphatic rings. The summed E-state index contributed by atoms with van der Waals surface area (Å²) in [5, 5.41) is 0.0286. The Morgan fingerprint density at radius 1 is 1.56 bits per heavy atom. The molecule has 88 valence electrons. The van der Waals surface area contributed by atoms with Gasteiger partial charge in [-0.05, 0) is 18.6 Å². The lowest BCUT2D eigenvalue weighted by Gasteiger charge is -2.09. The smallest absolute Gasteiger partial charge is 0.142 e. The number of ether oxygens (including phenoxy) is 1. The maximum absolute atomic E-state index is 13.1. The first kappa shape index (κ1) is 13.1. The third-order valence-corrected chi connectivity index (χ3v) is 2.76. The SMILES string of the molecule is COC(C)CC(=O)Cc1cccc(F)c1Cl. The van der Waals surface area contributed by atoms with E-state index in [2.05, 4.69) is 0 Å². The van der Waals surface area contributed by atoms with Crippen LogP contribution in [0.5, 0.6) is 0 Å². The van der Waals surface area contributed by atoms with E-state index in [-0.39, 0.29) is 23.3 Å². The van der Waals surface area contributed by atoms with Crippen LogP contribution in [0.4, 0.5) is 4.39 Å². The average Bonchev–Trinajstić information content (AvgIpc) is 2.24. The Balaban J connectivity index is 2.66. The molecule has 1 aromatic carbocycles. The number of benzene rings is 1. The molecule has 0 heterocycles. The van der Waals surface area contributed by atoms with Gasteiger partial charge in [0.25, 0.3) is 0 Å². The Labute approximate surface area is 99.4 Å². The van der Waals surface area contributed by atoms with Gasteiger partial charge < -0.3 is 4.74 Å². The van der Waals surface area contributed by atoms with Crippen LogP contribution >= 0.6 is 11.6 Å². The zero-order chi connectivity index (χ0) is 12.1. The van der Waals surface area contributed by atoms with Crippen LogP contribution in [-0.4, -0.2) is 19.0 Å². The van der Waals surface area contributed by atoms with Crippen LogP contribution in [0.1, 0.15) is 18.9 Å². The zero-order valence-electron chi connectivity index (χ0n) is 9.30. The van der Waals surface area contributed by atoms with Crippen molar-refractivity contribution >= 4 is 17.4 Å². The lowest BCUT2D eigenvalue weighted by Crippen LogP contribution is -2.14. The second kappa shape index (κ2) is 5.97. The molecule has 0 aromatic heterocycles. The number of ketones is 1. The van der Waals surface area contributed by atoms with Crippen LogP contribution in [0.2, 0.25) is 5.02 Å². The van der Waals surface area contributed by atoms with Crippen molar-refractivity contribution in [1.82, 2.24) is 0 Å². The van der Waals surface area contributed by atoms with Gasteiger partial charge in [0.05, 0.1) is 11.1 Å². The Morgan fingerprint density at radius 3 is 2.88 bits per heavy atom. The van der Waals surface area contributed by atoms with Crippen LogP contribution in [-0.2, 0) is 16.0 Å². The molecule has 0 aliphatic carbocycles. The summed E-state index contributed by atoms with van der Waals surface area (Å²) in [6.07, 6.45) is 0.327. The van der Waals surface area contributed by atoms with Gasteiger partial charge in [0.2, 0.25) is 0 Å². The number of methoxy groups -OCH3 is 1. The van der Waals surface area contributed by atoms with E-state index in [1.54, 1.807) is 19.2 Å². The molecular formula is C12H14ClFO2. The molecule has 0 aliphatic heterocycles. The zero-order valence-corrected chi connectivity index (χ0v) is 10.1. The molecule has 0 N–H and O–H groups in total. The van der Waals surface area contributed by atoms with Crippen molar-refractivity contribution in [3.05, 3.63) is 34.6 Å². The van der Waals surface area contributed by atoms with Crippen molar-refractivity contribution < 1.29 is 13.9 Å². The summed E-state index contributed by atoms with van der Waals surface area (Å²) < 4.78 is 18.1. The van der Waals surface area contributed by atoms with Crippen LogP contribution in [0.25, 0.3) is 0 Å². The topological polar surface area (TPSA) is 26.3 Å². The van der Waals surface area contributed by atoms with Gasteiger partial charge in [-0.3, -0.25) is 4.79 Å². The first-order valence-corrected chi connectivity index (χ1v) is 5.39. The van der Waals surface area contributed by atoms with Gasteiger partial charge in [-0.25, -0.2) is 4.39 Å². The number of rotatable bonds is 5. The first-order valence-electron chi connectivity index (χ1n) is 5.02. The van der Waals surface area contributed by atoms with Gasteiger partial charge >= 0.3 is 0 Å². The molecule has 1 rings (SSSR count). The largest absolute Gasteiger partial charge is 0.381 e. The van der Waals surface area contributed by atoms with Crippen molar-refractivity contribution in [2.75, 3.05) is 7.11 Å². The highest BCUT2D eigenvalue weighted by Crippen LogP contribution is 2.20. The quantitative estimate of drug-likeness (QED) is 0.796. The second-order valence-corrected chi connectivity index (χ2v) is 4.06. The Kier molecular flexibility index (Phi) is 4.90. The molecule has 0 fully saturated rings. The molecule has 1 atom stereocenters. The summed E-state index contributed by atoms with van der Waals surface area (Å²) >= 11 is 5.75. The van der Waals surface area contributed by atoms with Crippen molar-refractivity contribution in [3.8, 4) is 0 Å². The number of halogens is 2. The van der Waals surface area contributed by atoms with Crippen molar-refractivity contribution in [1.29, 1.82) is 0 Å². The average molecular weight is 245 g/mol. The summed E-state index contributed by atoms with van der Waals surface area (Å²) in [4.78, 5) is 11.6. The van der Waals surface area contributed by atoms with Crippen LogP contribution < -0.4 is 0 Å². The predicted molar refractivity (Wildman–Crippen MR) is 61.2 cm³/mol. The van der Waals surface area contributed by atoms with E-state index in [9.17, 15) is 9.18 Å². The molecule has 4 heteroatoms. The summed E-state index contributed by atoms with van der Waals surface area (Å²) in [5.41, 5.74) is 0.523. The van der Waals surface area contributed by atoms with E-state index in [0.717, 1.165) is 0 Å². The van der Waals surface area contributed by atoms with Gasteiger partial charge in [-0.2, -0.15) is 0 Å². The third-order valence-electron chi connectivity index (χ3n) is 2.34. The van der Waals surface area contributed by atoms with Gasteiger partial charge in [0, 0.05) is 20.0 Å². The minimum atomic E-state index is -0.494. The third kappa shape index (κ3) is 3.58. The molecule has 2 nitrogen and oxygen atoms in total. The van der Waals surface area contributed by atoms with E-state index in [1.165, 1.54) is 6.07 Å². The summed E-state index contributed by atoms with van der Waals surface area (Å²) in [5.74, 6) is -0.506. The minimum Gasteiger partial charge on any atom is -0.381 e. The van der Waals surface area contributed by atoms with E-state index in [4.69, 9.17) is 16.3 Å². The molecule has 0 bridgehead atoms. The predicted octanol–water partition coefficient (Wildman–Crippen LogP) is 3.02. The molecule has 0 spiro atoms. The molecule has 1 aromatic rings. The molecule has 0 saturated heterocycles. The van der Waals surface area contributed by atoms with Crippen molar-refractivity contribution in [2.24, 2.45) is 0 Å². The fourth-order valence-corrected chi connectivity index (χ4v) is 1.57.